The first kappa shape index (κ1) is 23.8. The van der Waals surface area contributed by atoms with Crippen molar-refractivity contribution in [2.45, 2.75) is 18.3 Å². The van der Waals surface area contributed by atoms with Gasteiger partial charge in [0.15, 0.2) is 0 Å². The second-order valence-electron chi connectivity index (χ2n) is 12.7. The van der Waals surface area contributed by atoms with Crippen LogP contribution in [0.1, 0.15) is 40.0 Å². The monoisotopic (exact) mass is 573 g/mol. The predicted octanol–water partition coefficient (Wildman–Crippen LogP) is 10.8. The maximum absolute atomic E-state index is 6.31. The summed E-state index contributed by atoms with van der Waals surface area (Å²) >= 11 is 0. The molecule has 0 fully saturated rings. The number of fused-ring (bicyclic) bond motifs is 15. The molecular formula is C43H27NO. The molecule has 3 aliphatic rings. The third kappa shape index (κ3) is 2.82. The highest BCUT2D eigenvalue weighted by Crippen LogP contribution is 2.61. The molecule has 8 aromatic rings. The van der Waals surface area contributed by atoms with Crippen LogP contribution in [0.4, 0.5) is 0 Å². The molecule has 0 unspecified atom stereocenters. The van der Waals surface area contributed by atoms with Crippen molar-refractivity contribution in [1.29, 1.82) is 0 Å². The van der Waals surface area contributed by atoms with E-state index in [1.807, 2.05) is 0 Å². The van der Waals surface area contributed by atoms with Crippen molar-refractivity contribution >= 4 is 38.9 Å². The molecule has 0 N–H and O–H groups in total. The lowest BCUT2D eigenvalue weighted by Gasteiger charge is -2.39. The Morgan fingerprint density at radius 2 is 1.29 bits per heavy atom. The number of aromatic nitrogens is 1. The SMILES string of the molecule is C1=Cc2c(oc3ccc(-c4cc5c6c(c4)c4ccccc4n6-c4ccccc4C54c5ccccc5-c5ccccc54)cc23)CC1. The van der Waals surface area contributed by atoms with Crippen LogP contribution in [-0.4, -0.2) is 4.57 Å². The number of allylic oxidation sites excluding steroid dienone is 1. The fourth-order valence-electron chi connectivity index (χ4n) is 8.88. The van der Waals surface area contributed by atoms with Crippen molar-refractivity contribution in [2.24, 2.45) is 0 Å². The van der Waals surface area contributed by atoms with Gasteiger partial charge in [0.25, 0.3) is 0 Å². The molecule has 2 aromatic heterocycles. The van der Waals surface area contributed by atoms with Crippen LogP contribution in [0.3, 0.4) is 0 Å². The van der Waals surface area contributed by atoms with E-state index in [0.717, 1.165) is 24.2 Å². The van der Waals surface area contributed by atoms with E-state index in [1.54, 1.807) is 0 Å². The quantitative estimate of drug-likeness (QED) is 0.191. The molecule has 0 radical (unpaired) electrons. The molecule has 0 saturated carbocycles. The Kier molecular flexibility index (Phi) is 4.40. The van der Waals surface area contributed by atoms with Crippen LogP contribution < -0.4 is 0 Å². The second-order valence-corrected chi connectivity index (χ2v) is 12.7. The summed E-state index contributed by atoms with van der Waals surface area (Å²) in [6, 6.07) is 47.8. The Morgan fingerprint density at radius 3 is 2.13 bits per heavy atom. The summed E-state index contributed by atoms with van der Waals surface area (Å²) in [6.45, 7) is 0. The molecule has 0 amide bonds. The lowest BCUT2D eigenvalue weighted by Crippen LogP contribution is -2.33. The Bertz CT molecular complexity index is 2560. The predicted molar refractivity (Wildman–Crippen MR) is 184 cm³/mol. The zero-order valence-electron chi connectivity index (χ0n) is 24.5. The summed E-state index contributed by atoms with van der Waals surface area (Å²) in [5, 5.41) is 3.78. The Labute approximate surface area is 260 Å². The highest BCUT2D eigenvalue weighted by molar-refractivity contribution is 6.14. The molecule has 0 atom stereocenters. The number of benzene rings is 6. The summed E-state index contributed by atoms with van der Waals surface area (Å²) in [5.41, 5.74) is 16.1. The highest BCUT2D eigenvalue weighted by atomic mass is 16.3. The minimum absolute atomic E-state index is 0.440. The normalized spacial score (nSPS) is 15.0. The van der Waals surface area contributed by atoms with Gasteiger partial charge in [-0.15, -0.1) is 0 Å². The fourth-order valence-corrected chi connectivity index (χ4v) is 8.88. The van der Waals surface area contributed by atoms with E-state index in [9.17, 15) is 0 Å². The van der Waals surface area contributed by atoms with Crippen molar-refractivity contribution in [3.63, 3.8) is 0 Å². The van der Waals surface area contributed by atoms with Gasteiger partial charge in [-0.2, -0.15) is 0 Å². The number of furan rings is 1. The minimum atomic E-state index is -0.440. The number of hydrogen-bond acceptors (Lipinski definition) is 1. The van der Waals surface area contributed by atoms with E-state index in [2.05, 4.69) is 144 Å². The molecule has 6 aromatic carbocycles. The lowest BCUT2D eigenvalue weighted by atomic mass is 9.65. The van der Waals surface area contributed by atoms with Crippen molar-refractivity contribution < 1.29 is 4.42 Å². The molecular weight excluding hydrogens is 546 g/mol. The zero-order chi connectivity index (χ0) is 29.3. The Hall–Kier alpha value is -5.60. The van der Waals surface area contributed by atoms with Crippen LogP contribution in [0.25, 0.3) is 66.8 Å². The first-order valence-corrected chi connectivity index (χ1v) is 15.9. The molecule has 1 aliphatic heterocycles. The first-order chi connectivity index (χ1) is 22.3. The number of hydrogen-bond donors (Lipinski definition) is 0. The molecule has 11 rings (SSSR count). The lowest BCUT2D eigenvalue weighted by molar-refractivity contribution is 0.546. The summed E-state index contributed by atoms with van der Waals surface area (Å²) < 4.78 is 8.83. The largest absolute Gasteiger partial charge is 0.460 e. The van der Waals surface area contributed by atoms with Crippen molar-refractivity contribution in [2.75, 3.05) is 0 Å². The molecule has 2 aliphatic carbocycles. The number of nitrogens with zero attached hydrogens (tertiary/aromatic N) is 1. The fraction of sp³-hybridized carbons (Fsp3) is 0.0698. The molecule has 0 saturated heterocycles. The van der Waals surface area contributed by atoms with Gasteiger partial charge in [0.05, 0.1) is 22.1 Å². The Morgan fingerprint density at radius 1 is 0.578 bits per heavy atom. The van der Waals surface area contributed by atoms with E-state index < -0.39 is 5.41 Å². The van der Waals surface area contributed by atoms with Crippen LogP contribution in [0.15, 0.2) is 138 Å². The maximum Gasteiger partial charge on any atom is 0.134 e. The van der Waals surface area contributed by atoms with E-state index in [1.165, 1.54) is 83.0 Å². The summed E-state index contributed by atoms with van der Waals surface area (Å²) in [7, 11) is 0. The summed E-state index contributed by atoms with van der Waals surface area (Å²) in [4.78, 5) is 0. The number of rotatable bonds is 1. The molecule has 210 valence electrons. The standard InChI is InChI=1S/C43H27NO/c1-5-15-34-28(11-1)29-12-2-6-16-35(29)43(34)36-17-7-9-19-39(36)44-38-18-8-3-13-30(38)33-24-27(25-37(43)42(33)44)26-21-22-41-32(23-26)31-14-4-10-20-40(31)45-41/h1-9,11-19,21-25H,10,20H2. The van der Waals surface area contributed by atoms with Crippen LogP contribution >= 0.6 is 0 Å². The average Bonchev–Trinajstić information content (AvgIpc) is 3.74. The molecule has 3 heterocycles. The summed E-state index contributed by atoms with van der Waals surface area (Å²) in [6.07, 6.45) is 6.51. The first-order valence-electron chi connectivity index (χ1n) is 15.9. The highest BCUT2D eigenvalue weighted by Gasteiger charge is 2.50. The molecule has 2 heteroatoms. The van der Waals surface area contributed by atoms with E-state index in [0.29, 0.717) is 0 Å². The van der Waals surface area contributed by atoms with Gasteiger partial charge in [-0.25, -0.2) is 0 Å². The second kappa shape index (κ2) is 8.31. The van der Waals surface area contributed by atoms with Crippen LogP contribution in [0.5, 0.6) is 0 Å². The molecule has 0 bridgehead atoms. The van der Waals surface area contributed by atoms with Gasteiger partial charge in [0.1, 0.15) is 11.3 Å². The maximum atomic E-state index is 6.31. The van der Waals surface area contributed by atoms with Gasteiger partial charge < -0.3 is 8.98 Å². The molecule has 45 heavy (non-hydrogen) atoms. The number of aryl methyl sites for hydroxylation is 1. The molecule has 1 spiro atoms. The number of para-hydroxylation sites is 2. The Balaban J connectivity index is 1.33. The van der Waals surface area contributed by atoms with Gasteiger partial charge >= 0.3 is 0 Å². The van der Waals surface area contributed by atoms with Gasteiger partial charge in [0.2, 0.25) is 0 Å². The topological polar surface area (TPSA) is 18.1 Å². The smallest absolute Gasteiger partial charge is 0.134 e. The molecule has 2 nitrogen and oxygen atoms in total. The van der Waals surface area contributed by atoms with Gasteiger partial charge in [-0.3, -0.25) is 0 Å². The van der Waals surface area contributed by atoms with E-state index in [-0.39, 0.29) is 0 Å². The van der Waals surface area contributed by atoms with Crippen molar-refractivity contribution in [3.05, 3.63) is 167 Å². The summed E-state index contributed by atoms with van der Waals surface area (Å²) in [5.74, 6) is 1.10. The van der Waals surface area contributed by atoms with Gasteiger partial charge in [0, 0.05) is 28.1 Å². The van der Waals surface area contributed by atoms with E-state index >= 15 is 0 Å². The van der Waals surface area contributed by atoms with Crippen LogP contribution in [-0.2, 0) is 11.8 Å². The van der Waals surface area contributed by atoms with Crippen molar-refractivity contribution in [1.82, 2.24) is 4.57 Å². The van der Waals surface area contributed by atoms with Crippen molar-refractivity contribution in [3.8, 4) is 27.9 Å². The minimum Gasteiger partial charge on any atom is -0.460 e. The van der Waals surface area contributed by atoms with Gasteiger partial charge in [-0.1, -0.05) is 103 Å². The third-order valence-electron chi connectivity index (χ3n) is 10.6. The average molecular weight is 574 g/mol. The third-order valence-corrected chi connectivity index (χ3v) is 10.6. The zero-order valence-corrected chi connectivity index (χ0v) is 24.5. The van der Waals surface area contributed by atoms with Gasteiger partial charge in [-0.05, 0) is 87.3 Å². The van der Waals surface area contributed by atoms with E-state index in [4.69, 9.17) is 4.42 Å². The van der Waals surface area contributed by atoms with Crippen LogP contribution in [0, 0.1) is 0 Å². The van der Waals surface area contributed by atoms with Crippen LogP contribution in [0.2, 0.25) is 0 Å².